The molecule has 1 amide bonds. The zero-order valence-electron chi connectivity index (χ0n) is 4.22. The number of nitrogens with one attached hydrogen (secondary N) is 2. The number of H-pyrrole nitrogens is 1. The molecule has 1 rings (SSSR count). The number of aromatic amines is 1. The summed E-state index contributed by atoms with van der Waals surface area (Å²) in [5.41, 5.74) is 0.792. The van der Waals surface area contributed by atoms with Gasteiger partial charge < -0.3 is 10.3 Å². The first kappa shape index (κ1) is 4.90. The Morgan fingerprint density at radius 3 is 3.12 bits per heavy atom. The van der Waals surface area contributed by atoms with Crippen LogP contribution in [0.15, 0.2) is 18.5 Å². The minimum atomic E-state index is 0.642. The zero-order valence-corrected chi connectivity index (χ0v) is 4.22. The van der Waals surface area contributed by atoms with Crippen LogP contribution < -0.4 is 5.32 Å². The summed E-state index contributed by atoms with van der Waals surface area (Å²) >= 11 is 0. The van der Waals surface area contributed by atoms with Crippen LogP contribution in [0.1, 0.15) is 0 Å². The summed E-state index contributed by atoms with van der Waals surface area (Å²) in [4.78, 5) is 12.5. The fourth-order valence-electron chi connectivity index (χ4n) is 0.482. The Labute approximate surface area is 46.7 Å². The number of anilines is 1. The predicted molar refractivity (Wildman–Crippen MR) is 30.5 cm³/mol. The summed E-state index contributed by atoms with van der Waals surface area (Å²) < 4.78 is 0. The van der Waals surface area contributed by atoms with Gasteiger partial charge in [0.15, 0.2) is 0 Å². The van der Waals surface area contributed by atoms with Gasteiger partial charge in [-0.1, -0.05) is 0 Å². The molecule has 42 valence electrons. The van der Waals surface area contributed by atoms with Crippen molar-refractivity contribution in [3.63, 3.8) is 0 Å². The van der Waals surface area contributed by atoms with Gasteiger partial charge in [0.05, 0.1) is 5.69 Å². The van der Waals surface area contributed by atoms with E-state index in [2.05, 4.69) is 10.3 Å². The summed E-state index contributed by atoms with van der Waals surface area (Å²) in [6.45, 7) is 0. The predicted octanol–water partition coefficient (Wildman–Crippen LogP) is 0.583. The van der Waals surface area contributed by atoms with Crippen LogP contribution in [0.2, 0.25) is 0 Å². The molecule has 8 heavy (non-hydrogen) atoms. The van der Waals surface area contributed by atoms with E-state index in [0.717, 1.165) is 5.69 Å². The summed E-state index contributed by atoms with van der Waals surface area (Å²) in [6.07, 6.45) is 4.09. The highest BCUT2D eigenvalue weighted by Gasteiger charge is 1.83. The Hall–Kier alpha value is -1.25. The average Bonchev–Trinajstić information content (AvgIpc) is 2.19. The number of hydrogen-bond donors (Lipinski definition) is 2. The number of carbonyl (C=O) groups is 1. The number of carbonyl (C=O) groups excluding carboxylic acids is 1. The smallest absolute Gasteiger partial charge is 0.211 e. The van der Waals surface area contributed by atoms with Gasteiger partial charge in [-0.3, -0.25) is 4.79 Å². The lowest BCUT2D eigenvalue weighted by atomic mass is 10.5. The van der Waals surface area contributed by atoms with E-state index in [-0.39, 0.29) is 0 Å². The topological polar surface area (TPSA) is 44.9 Å². The summed E-state index contributed by atoms with van der Waals surface area (Å²) in [5.74, 6) is 0. The normalized spacial score (nSPS) is 8.50. The molecule has 0 saturated heterocycles. The second-order valence-electron chi connectivity index (χ2n) is 1.36. The Morgan fingerprint density at radius 1 is 1.75 bits per heavy atom. The number of rotatable bonds is 2. The van der Waals surface area contributed by atoms with Gasteiger partial charge in [-0.05, 0) is 6.07 Å². The first-order valence-corrected chi connectivity index (χ1v) is 2.26. The van der Waals surface area contributed by atoms with E-state index >= 15 is 0 Å². The maximum Gasteiger partial charge on any atom is 0.211 e. The molecule has 0 aromatic carbocycles. The molecule has 0 fully saturated rings. The Kier molecular flexibility index (Phi) is 1.32. The molecule has 0 atom stereocenters. The lowest BCUT2D eigenvalue weighted by Gasteiger charge is -1.85. The molecule has 0 aliphatic heterocycles. The monoisotopic (exact) mass is 110 g/mol. The third kappa shape index (κ3) is 0.872. The van der Waals surface area contributed by atoms with Gasteiger partial charge in [-0.15, -0.1) is 0 Å². The van der Waals surface area contributed by atoms with Crippen molar-refractivity contribution in [2.24, 2.45) is 0 Å². The van der Waals surface area contributed by atoms with Gasteiger partial charge >= 0.3 is 0 Å². The van der Waals surface area contributed by atoms with Crippen molar-refractivity contribution < 1.29 is 4.79 Å². The summed E-state index contributed by atoms with van der Waals surface area (Å²) in [5, 5.41) is 2.48. The fourth-order valence-corrected chi connectivity index (χ4v) is 0.482. The molecule has 0 spiro atoms. The van der Waals surface area contributed by atoms with Crippen molar-refractivity contribution in [1.82, 2.24) is 4.98 Å². The summed E-state index contributed by atoms with van der Waals surface area (Å²) in [6, 6.07) is 1.77. The number of hydrogen-bond acceptors (Lipinski definition) is 1. The van der Waals surface area contributed by atoms with Crippen LogP contribution in [-0.2, 0) is 4.79 Å². The van der Waals surface area contributed by atoms with Gasteiger partial charge in [0.25, 0.3) is 0 Å². The molecule has 0 saturated carbocycles. The fraction of sp³-hybridized carbons (Fsp3) is 0. The van der Waals surface area contributed by atoms with Crippen LogP contribution in [0, 0.1) is 0 Å². The Bertz CT molecular complexity index is 157. The molecule has 0 aliphatic rings. The maximum atomic E-state index is 9.75. The maximum absolute atomic E-state index is 9.75. The molecule has 1 aromatic heterocycles. The number of aromatic nitrogens is 1. The number of amides is 1. The molecular formula is C5H6N2O. The third-order valence-corrected chi connectivity index (χ3v) is 0.824. The van der Waals surface area contributed by atoms with Crippen LogP contribution in [0.25, 0.3) is 0 Å². The first-order valence-electron chi connectivity index (χ1n) is 2.26. The van der Waals surface area contributed by atoms with Crippen LogP contribution in [0.3, 0.4) is 0 Å². The largest absolute Gasteiger partial charge is 0.366 e. The molecule has 2 N–H and O–H groups in total. The van der Waals surface area contributed by atoms with Gasteiger partial charge in [-0.2, -0.15) is 0 Å². The van der Waals surface area contributed by atoms with Gasteiger partial charge in [0, 0.05) is 12.4 Å². The lowest BCUT2D eigenvalue weighted by molar-refractivity contribution is -0.105. The second kappa shape index (κ2) is 2.16. The molecule has 3 heteroatoms. The summed E-state index contributed by atoms with van der Waals surface area (Å²) in [7, 11) is 0. The van der Waals surface area contributed by atoms with E-state index < -0.39 is 0 Å². The molecule has 1 heterocycles. The van der Waals surface area contributed by atoms with Crippen LogP contribution in [0.5, 0.6) is 0 Å². The SMILES string of the molecule is O=CNc1cc[nH]c1. The Balaban J connectivity index is 2.62. The van der Waals surface area contributed by atoms with E-state index in [9.17, 15) is 4.79 Å². The van der Waals surface area contributed by atoms with Gasteiger partial charge in [0.2, 0.25) is 6.41 Å². The van der Waals surface area contributed by atoms with Crippen LogP contribution in [0.4, 0.5) is 5.69 Å². The highest BCUT2D eigenvalue weighted by atomic mass is 16.1. The molecule has 0 radical (unpaired) electrons. The molecule has 0 unspecified atom stereocenters. The molecule has 0 bridgehead atoms. The highest BCUT2D eigenvalue weighted by molar-refractivity contribution is 5.70. The quantitative estimate of drug-likeness (QED) is 0.537. The van der Waals surface area contributed by atoms with Crippen molar-refractivity contribution in [1.29, 1.82) is 0 Å². The van der Waals surface area contributed by atoms with E-state index in [1.165, 1.54) is 0 Å². The highest BCUT2D eigenvalue weighted by Crippen LogP contribution is 1.99. The van der Waals surface area contributed by atoms with Crippen molar-refractivity contribution >= 4 is 12.1 Å². The standard InChI is InChI=1S/C5H6N2O/c8-4-7-5-1-2-6-3-5/h1-4,6H,(H,7,8). The van der Waals surface area contributed by atoms with E-state index in [1.807, 2.05) is 0 Å². The first-order chi connectivity index (χ1) is 3.93. The molecular weight excluding hydrogens is 104 g/mol. The van der Waals surface area contributed by atoms with E-state index in [0.29, 0.717) is 6.41 Å². The van der Waals surface area contributed by atoms with Crippen LogP contribution in [-0.4, -0.2) is 11.4 Å². The van der Waals surface area contributed by atoms with Crippen molar-refractivity contribution in [3.05, 3.63) is 18.5 Å². The minimum absolute atomic E-state index is 0.642. The molecule has 3 nitrogen and oxygen atoms in total. The minimum Gasteiger partial charge on any atom is -0.366 e. The molecule has 0 aliphatic carbocycles. The zero-order chi connectivity index (χ0) is 5.82. The molecule has 1 aromatic rings. The van der Waals surface area contributed by atoms with E-state index in [4.69, 9.17) is 0 Å². The third-order valence-electron chi connectivity index (χ3n) is 0.824. The van der Waals surface area contributed by atoms with Crippen LogP contribution >= 0.6 is 0 Å². The van der Waals surface area contributed by atoms with Crippen molar-refractivity contribution in [2.45, 2.75) is 0 Å². The Morgan fingerprint density at radius 2 is 2.62 bits per heavy atom. The van der Waals surface area contributed by atoms with Crippen molar-refractivity contribution in [2.75, 3.05) is 5.32 Å². The van der Waals surface area contributed by atoms with Gasteiger partial charge in [-0.25, -0.2) is 0 Å². The van der Waals surface area contributed by atoms with Crippen molar-refractivity contribution in [3.8, 4) is 0 Å². The van der Waals surface area contributed by atoms with E-state index in [1.54, 1.807) is 18.5 Å². The average molecular weight is 110 g/mol. The lowest BCUT2D eigenvalue weighted by Crippen LogP contribution is -1.89. The second-order valence-corrected chi connectivity index (χ2v) is 1.36. The van der Waals surface area contributed by atoms with Gasteiger partial charge in [0.1, 0.15) is 0 Å².